The SMILES string of the molecule is CCC(C)NC(=O)C(C)N(Cc1c(Cl)cccc1Cl)C(=O)CN(c1ccc(Oc2ccccc2)cc1)S(C)(=O)=O. The number of anilines is 1. The number of benzene rings is 3. The molecule has 8 nitrogen and oxygen atoms in total. The summed E-state index contributed by atoms with van der Waals surface area (Å²) in [5, 5.41) is 3.53. The van der Waals surface area contributed by atoms with Crippen LogP contribution in [0.1, 0.15) is 32.8 Å². The van der Waals surface area contributed by atoms with E-state index in [1.165, 1.54) is 4.90 Å². The number of nitrogens with zero attached hydrogens (tertiary/aromatic N) is 2. The Morgan fingerprint density at radius 1 is 0.900 bits per heavy atom. The molecule has 2 amide bonds. The molecule has 2 atom stereocenters. The van der Waals surface area contributed by atoms with Crippen molar-refractivity contribution in [2.45, 2.75) is 45.8 Å². The first-order chi connectivity index (χ1) is 18.9. The third-order valence-corrected chi connectivity index (χ3v) is 8.19. The summed E-state index contributed by atoms with van der Waals surface area (Å²) in [4.78, 5) is 28.1. The second kappa shape index (κ2) is 13.9. The maximum absolute atomic E-state index is 13.7. The number of sulfonamides is 1. The van der Waals surface area contributed by atoms with E-state index in [-0.39, 0.29) is 24.2 Å². The van der Waals surface area contributed by atoms with Gasteiger partial charge in [-0.2, -0.15) is 0 Å². The topological polar surface area (TPSA) is 96.0 Å². The van der Waals surface area contributed by atoms with Crippen molar-refractivity contribution in [3.63, 3.8) is 0 Å². The average molecular weight is 607 g/mol. The number of carbonyl (C=O) groups excluding carboxylic acids is 2. The lowest BCUT2D eigenvalue weighted by Gasteiger charge is -2.32. The summed E-state index contributed by atoms with van der Waals surface area (Å²) in [5.74, 6) is 0.154. The van der Waals surface area contributed by atoms with Crippen LogP contribution in [0.3, 0.4) is 0 Å². The molecule has 40 heavy (non-hydrogen) atoms. The molecule has 2 unspecified atom stereocenters. The van der Waals surface area contributed by atoms with Crippen LogP contribution in [0.2, 0.25) is 10.0 Å². The molecule has 0 spiro atoms. The minimum atomic E-state index is -3.88. The first kappa shape index (κ1) is 31.3. The van der Waals surface area contributed by atoms with Crippen LogP contribution in [0.15, 0.2) is 72.8 Å². The van der Waals surface area contributed by atoms with Crippen LogP contribution in [-0.4, -0.2) is 50.0 Å². The van der Waals surface area contributed by atoms with Crippen molar-refractivity contribution in [1.82, 2.24) is 10.2 Å². The Morgan fingerprint density at radius 3 is 2.02 bits per heavy atom. The number of hydrogen-bond donors (Lipinski definition) is 1. The van der Waals surface area contributed by atoms with Gasteiger partial charge in [0.25, 0.3) is 0 Å². The van der Waals surface area contributed by atoms with Crippen molar-refractivity contribution in [1.29, 1.82) is 0 Å². The molecule has 3 aromatic rings. The number of ether oxygens (including phenoxy) is 1. The quantitative estimate of drug-likeness (QED) is 0.278. The summed E-state index contributed by atoms with van der Waals surface area (Å²) in [6, 6.07) is 19.4. The molecule has 0 fully saturated rings. The van der Waals surface area contributed by atoms with Gasteiger partial charge in [0.2, 0.25) is 21.8 Å². The van der Waals surface area contributed by atoms with Gasteiger partial charge in [0.1, 0.15) is 24.1 Å². The Kier molecular flexibility index (Phi) is 10.8. The van der Waals surface area contributed by atoms with Crippen molar-refractivity contribution < 1.29 is 22.7 Å². The van der Waals surface area contributed by atoms with Crippen molar-refractivity contribution in [2.75, 3.05) is 17.1 Å². The van der Waals surface area contributed by atoms with Gasteiger partial charge in [0.05, 0.1) is 11.9 Å². The Labute approximate surface area is 245 Å². The lowest BCUT2D eigenvalue weighted by atomic mass is 10.1. The first-order valence-electron chi connectivity index (χ1n) is 12.7. The smallest absolute Gasteiger partial charge is 0.244 e. The number of nitrogens with one attached hydrogen (secondary N) is 1. The van der Waals surface area contributed by atoms with Crippen molar-refractivity contribution in [2.24, 2.45) is 0 Å². The van der Waals surface area contributed by atoms with E-state index in [0.717, 1.165) is 10.6 Å². The number of carbonyl (C=O) groups is 2. The maximum atomic E-state index is 13.7. The molecule has 0 heterocycles. The van der Waals surface area contributed by atoms with E-state index in [2.05, 4.69) is 5.32 Å². The molecule has 0 bridgehead atoms. The Hall–Kier alpha value is -3.27. The molecule has 0 aliphatic heterocycles. The highest BCUT2D eigenvalue weighted by atomic mass is 35.5. The highest BCUT2D eigenvalue weighted by Gasteiger charge is 2.31. The van der Waals surface area contributed by atoms with E-state index < -0.39 is 28.5 Å². The molecule has 11 heteroatoms. The van der Waals surface area contributed by atoms with Crippen molar-refractivity contribution in [3.8, 4) is 11.5 Å². The van der Waals surface area contributed by atoms with Crippen LogP contribution in [0.4, 0.5) is 5.69 Å². The van der Waals surface area contributed by atoms with Crippen LogP contribution in [-0.2, 0) is 26.2 Å². The molecule has 1 N–H and O–H groups in total. The summed E-state index contributed by atoms with van der Waals surface area (Å²) in [7, 11) is -3.88. The fourth-order valence-corrected chi connectivity index (χ4v) is 5.19. The van der Waals surface area contributed by atoms with Crippen LogP contribution >= 0.6 is 23.2 Å². The normalized spacial score (nSPS) is 12.8. The van der Waals surface area contributed by atoms with E-state index in [0.29, 0.717) is 33.5 Å². The van der Waals surface area contributed by atoms with E-state index in [1.54, 1.807) is 61.5 Å². The highest BCUT2D eigenvalue weighted by molar-refractivity contribution is 7.92. The van der Waals surface area contributed by atoms with Crippen LogP contribution < -0.4 is 14.4 Å². The van der Waals surface area contributed by atoms with Gasteiger partial charge in [-0.05, 0) is 68.8 Å². The third kappa shape index (κ3) is 8.36. The number of rotatable bonds is 12. The van der Waals surface area contributed by atoms with Gasteiger partial charge in [0, 0.05) is 28.2 Å². The van der Waals surface area contributed by atoms with Crippen LogP contribution in [0, 0.1) is 0 Å². The summed E-state index contributed by atoms with van der Waals surface area (Å²) < 4.78 is 32.4. The first-order valence-corrected chi connectivity index (χ1v) is 15.3. The largest absolute Gasteiger partial charge is 0.457 e. The maximum Gasteiger partial charge on any atom is 0.244 e. The summed E-state index contributed by atoms with van der Waals surface area (Å²) in [6.07, 6.45) is 1.72. The van der Waals surface area contributed by atoms with Crippen LogP contribution in [0.25, 0.3) is 0 Å². The monoisotopic (exact) mass is 605 g/mol. The van der Waals surface area contributed by atoms with Crippen LogP contribution in [0.5, 0.6) is 11.5 Å². The average Bonchev–Trinajstić information content (AvgIpc) is 2.91. The van der Waals surface area contributed by atoms with Gasteiger partial charge in [-0.1, -0.05) is 54.4 Å². The second-order valence-corrected chi connectivity index (χ2v) is 12.1. The number of para-hydroxylation sites is 1. The number of halogens is 2. The molecule has 214 valence electrons. The Balaban J connectivity index is 1.90. The fourth-order valence-electron chi connectivity index (χ4n) is 3.82. The number of hydrogen-bond acceptors (Lipinski definition) is 5. The van der Waals surface area contributed by atoms with Gasteiger partial charge >= 0.3 is 0 Å². The lowest BCUT2D eigenvalue weighted by Crippen LogP contribution is -2.52. The van der Waals surface area contributed by atoms with Crippen molar-refractivity contribution in [3.05, 3.63) is 88.4 Å². The molecule has 0 radical (unpaired) electrons. The zero-order chi connectivity index (χ0) is 29.4. The van der Waals surface area contributed by atoms with Gasteiger partial charge in [-0.15, -0.1) is 0 Å². The molecule has 0 aliphatic carbocycles. The number of amides is 2. The van der Waals surface area contributed by atoms with Gasteiger partial charge in [-0.25, -0.2) is 8.42 Å². The summed E-state index contributed by atoms with van der Waals surface area (Å²) in [6.45, 7) is 4.75. The van der Waals surface area contributed by atoms with Crippen molar-refractivity contribution >= 4 is 50.7 Å². The standard InChI is InChI=1S/C29H33Cl2N3O5S/c1-5-20(2)32-29(36)21(3)33(18-25-26(30)12-9-13-27(25)31)28(35)19-34(40(4,37)38)22-14-16-24(17-15-22)39-23-10-7-6-8-11-23/h6-17,20-21H,5,18-19H2,1-4H3,(H,32,36). The van der Waals surface area contributed by atoms with Gasteiger partial charge < -0.3 is 15.0 Å². The van der Waals surface area contributed by atoms with E-state index >= 15 is 0 Å². The zero-order valence-electron chi connectivity index (χ0n) is 22.8. The fraction of sp³-hybridized carbons (Fsp3) is 0.310. The van der Waals surface area contributed by atoms with Gasteiger partial charge in [-0.3, -0.25) is 13.9 Å². The van der Waals surface area contributed by atoms with E-state index in [1.807, 2.05) is 32.0 Å². The lowest BCUT2D eigenvalue weighted by molar-refractivity contribution is -0.139. The predicted molar refractivity (Wildman–Crippen MR) is 160 cm³/mol. The third-order valence-electron chi connectivity index (χ3n) is 6.34. The minimum absolute atomic E-state index is 0.0894. The van der Waals surface area contributed by atoms with Gasteiger partial charge in [0.15, 0.2) is 0 Å². The highest BCUT2D eigenvalue weighted by Crippen LogP contribution is 2.28. The molecule has 3 rings (SSSR count). The molecule has 0 saturated carbocycles. The summed E-state index contributed by atoms with van der Waals surface area (Å²) >= 11 is 12.8. The Morgan fingerprint density at radius 2 is 1.48 bits per heavy atom. The molecule has 3 aromatic carbocycles. The minimum Gasteiger partial charge on any atom is -0.457 e. The molecule has 0 aromatic heterocycles. The van der Waals surface area contributed by atoms with E-state index in [9.17, 15) is 18.0 Å². The molecule has 0 saturated heterocycles. The summed E-state index contributed by atoms with van der Waals surface area (Å²) in [5.41, 5.74) is 0.722. The molecular weight excluding hydrogens is 573 g/mol. The predicted octanol–water partition coefficient (Wildman–Crippen LogP) is 5.88. The molecular formula is C29H33Cl2N3O5S. The second-order valence-electron chi connectivity index (χ2n) is 9.39. The molecule has 0 aliphatic rings. The Bertz CT molecular complexity index is 1400. The van der Waals surface area contributed by atoms with E-state index in [4.69, 9.17) is 27.9 Å². The zero-order valence-corrected chi connectivity index (χ0v) is 25.1.